The minimum atomic E-state index is -3.59. The van der Waals surface area contributed by atoms with Gasteiger partial charge in [0.05, 0.1) is 91.7 Å². The molecular formula is C53H60N10O23S4. The smallest absolute Gasteiger partial charge is 0.271 e. The van der Waals surface area contributed by atoms with E-state index in [0.29, 0.717) is 51.4 Å². The number of phenolic OH excluding ortho intramolecular Hbond substituents is 3. The lowest BCUT2D eigenvalue weighted by atomic mass is 10.2. The number of carbonyl (C=O) groups is 2. The highest BCUT2D eigenvalue weighted by Gasteiger charge is 2.19. The molecule has 90 heavy (non-hydrogen) atoms. The molecule has 0 saturated carbocycles. The van der Waals surface area contributed by atoms with Crippen LogP contribution in [0.4, 0.5) is 56.9 Å². The summed E-state index contributed by atoms with van der Waals surface area (Å²) in [5.41, 5.74) is 13.1. The quantitative estimate of drug-likeness (QED) is 0.0148. The number of carbonyl (C=O) groups excluding carboxylic acids is 2. The number of methoxy groups -OCH3 is 4. The van der Waals surface area contributed by atoms with Crippen molar-refractivity contribution in [2.24, 2.45) is 0 Å². The van der Waals surface area contributed by atoms with Crippen molar-refractivity contribution in [2.45, 2.75) is 0 Å². The van der Waals surface area contributed by atoms with Crippen molar-refractivity contribution in [3.63, 3.8) is 0 Å². The number of nitrogens with one attached hydrogen (secondary N) is 6. The zero-order chi connectivity index (χ0) is 67.5. The van der Waals surface area contributed by atoms with Crippen molar-refractivity contribution in [2.75, 3.05) is 101 Å². The van der Waals surface area contributed by atoms with Crippen LogP contribution in [0.2, 0.25) is 0 Å². The van der Waals surface area contributed by atoms with Crippen LogP contribution in [0.5, 0.6) is 51.7 Å². The van der Waals surface area contributed by atoms with Gasteiger partial charge in [0.2, 0.25) is 46.9 Å². The number of nitro groups is 2. The normalized spacial score (nSPS) is 11.2. The number of anilines is 8. The first-order valence-electron chi connectivity index (χ1n) is 24.7. The Morgan fingerprint density at radius 2 is 0.844 bits per heavy atom. The Morgan fingerprint density at radius 1 is 0.456 bits per heavy atom. The molecule has 484 valence electrons. The molecule has 0 radical (unpaired) electrons. The van der Waals surface area contributed by atoms with Crippen LogP contribution in [0.25, 0.3) is 0 Å². The van der Waals surface area contributed by atoms with E-state index < -0.39 is 61.6 Å². The SMILES string of the molecule is COc1ccc(N)cc1NS(C)(=O)=O.COc1ccc(NC(=O)c2ccc3c(c2)OCO3)cc1NS(C)(=O)=O.COc1ccc([N+](=O)[O-])cc1N.COc1ccc([N+](=O)[O-])cc1NS(C)(=O)=O.CS(=O)(=O)Nc1cc(NC(=O)c2ccc(O)c(O)c2)ccc1O. The molecule has 33 nitrogen and oxygen atoms in total. The number of hydrogen-bond acceptors (Lipinski definition) is 25. The number of nitrogen functional groups attached to an aromatic ring is 2. The topological polar surface area (TPSA) is 497 Å². The average molecular weight is 1330 g/mol. The minimum absolute atomic E-state index is 0.0340. The van der Waals surface area contributed by atoms with E-state index in [1.165, 1.54) is 95.2 Å². The van der Waals surface area contributed by atoms with E-state index in [9.17, 15) is 78.8 Å². The van der Waals surface area contributed by atoms with Crippen LogP contribution in [-0.4, -0.2) is 131 Å². The fourth-order valence-electron chi connectivity index (χ4n) is 7.00. The van der Waals surface area contributed by atoms with E-state index in [2.05, 4.69) is 29.5 Å². The van der Waals surface area contributed by atoms with Gasteiger partial charge < -0.3 is 65.8 Å². The number of nitro benzene ring substituents is 2. The number of aromatic hydroxyl groups is 3. The molecule has 2 amide bonds. The molecule has 7 aromatic rings. The Morgan fingerprint density at radius 3 is 1.32 bits per heavy atom. The monoisotopic (exact) mass is 1330 g/mol. The summed E-state index contributed by atoms with van der Waals surface area (Å²) in [4.78, 5) is 44.1. The minimum Gasteiger partial charge on any atom is -0.506 e. The highest BCUT2D eigenvalue weighted by molar-refractivity contribution is 7.92. The zero-order valence-corrected chi connectivity index (χ0v) is 51.8. The molecule has 1 heterocycles. The van der Waals surface area contributed by atoms with E-state index in [1.807, 2.05) is 0 Å². The van der Waals surface area contributed by atoms with Crippen LogP contribution in [0.3, 0.4) is 0 Å². The van der Waals surface area contributed by atoms with Crippen molar-refractivity contribution in [1.29, 1.82) is 0 Å². The molecule has 0 bridgehead atoms. The van der Waals surface area contributed by atoms with Gasteiger partial charge in [-0.25, -0.2) is 33.7 Å². The van der Waals surface area contributed by atoms with Gasteiger partial charge in [0.1, 0.15) is 28.7 Å². The molecule has 0 aliphatic carbocycles. The van der Waals surface area contributed by atoms with Crippen molar-refractivity contribution >= 4 is 109 Å². The standard InChI is InChI=1S/C16H16N2O6S.C14H14N2O6S.C8H10N2O5S.C8H12N2O3S.C7H8N2O3/c1-22-13-6-4-11(8-12(13)18-25(2,20)21)17-16(19)10-3-5-14-15(7-10)24-9-23-14;1-23(21,22)16-10-7-9(3-5-11(10)17)15-14(20)8-2-4-12(18)13(19)6-8;1-15-8-4-3-6(10(11)12)5-7(8)9-16(2,13)14;1-13-8-4-3-6(9)5-7(8)10-14(2,11)12;1-12-7-3-2-5(9(10)11)4-6(7)8/h3-8,18H,9H2,1-2H3,(H,17,19);2-7,16-19H,1H3,(H,15,20);3-5,9H,1-2H3;3-5,10H,9H2,1-2H3;2-4H,8H2,1H3. The molecule has 37 heteroatoms. The first-order chi connectivity index (χ1) is 41.9. The first-order valence-corrected chi connectivity index (χ1v) is 32.3. The van der Waals surface area contributed by atoms with E-state index in [-0.39, 0.29) is 75.3 Å². The number of benzene rings is 7. The summed E-state index contributed by atoms with van der Waals surface area (Å²) in [6, 6.07) is 29.3. The molecule has 8 rings (SSSR count). The van der Waals surface area contributed by atoms with Gasteiger partial charge in [-0.3, -0.25) is 48.7 Å². The summed E-state index contributed by atoms with van der Waals surface area (Å²) < 4.78 is 128. The lowest BCUT2D eigenvalue weighted by Crippen LogP contribution is -2.13. The van der Waals surface area contributed by atoms with Gasteiger partial charge in [-0.1, -0.05) is 0 Å². The summed E-state index contributed by atoms with van der Waals surface area (Å²) >= 11 is 0. The Balaban J connectivity index is 0.000000247. The number of sulfonamides is 4. The Hall–Kier alpha value is -10.9. The summed E-state index contributed by atoms with van der Waals surface area (Å²) in [7, 11) is -8.22. The first kappa shape index (κ1) is 71.6. The lowest BCUT2D eigenvalue weighted by Gasteiger charge is -2.12. The number of nitrogens with zero attached hydrogens (tertiary/aromatic N) is 2. The Kier molecular flexibility index (Phi) is 24.7. The lowest BCUT2D eigenvalue weighted by molar-refractivity contribution is -0.385. The third-order valence-electron chi connectivity index (χ3n) is 10.8. The zero-order valence-electron chi connectivity index (χ0n) is 48.5. The molecule has 0 unspecified atom stereocenters. The predicted octanol–water partition coefficient (Wildman–Crippen LogP) is 6.28. The third-order valence-corrected chi connectivity index (χ3v) is 13.2. The fraction of sp³-hybridized carbons (Fsp3) is 0.170. The molecule has 7 aromatic carbocycles. The van der Waals surface area contributed by atoms with Gasteiger partial charge in [-0.15, -0.1) is 0 Å². The maximum atomic E-state index is 12.4. The average Bonchev–Trinajstić information content (AvgIpc) is 4.23. The van der Waals surface area contributed by atoms with Crippen molar-refractivity contribution in [1.82, 2.24) is 0 Å². The summed E-state index contributed by atoms with van der Waals surface area (Å²) in [6.07, 6.45) is 3.97. The second-order valence-electron chi connectivity index (χ2n) is 18.1. The largest absolute Gasteiger partial charge is 0.506 e. The van der Waals surface area contributed by atoms with E-state index in [0.717, 1.165) is 43.2 Å². The van der Waals surface area contributed by atoms with Crippen LogP contribution in [0.15, 0.2) is 127 Å². The van der Waals surface area contributed by atoms with Crippen LogP contribution in [0.1, 0.15) is 20.7 Å². The fourth-order valence-corrected chi connectivity index (χ4v) is 9.24. The number of phenols is 3. The number of rotatable bonds is 18. The van der Waals surface area contributed by atoms with Gasteiger partial charge in [0.15, 0.2) is 23.0 Å². The van der Waals surface area contributed by atoms with Gasteiger partial charge in [-0.2, -0.15) is 0 Å². The second-order valence-corrected chi connectivity index (χ2v) is 25.1. The van der Waals surface area contributed by atoms with Gasteiger partial charge in [0.25, 0.3) is 23.2 Å². The van der Waals surface area contributed by atoms with Crippen molar-refractivity contribution in [3.8, 4) is 51.7 Å². The number of hydrogen-bond donors (Lipinski definition) is 11. The Bertz CT molecular complexity index is 4260. The van der Waals surface area contributed by atoms with E-state index in [4.69, 9.17) is 39.9 Å². The molecule has 0 saturated heterocycles. The van der Waals surface area contributed by atoms with Crippen LogP contribution >= 0.6 is 0 Å². The maximum absolute atomic E-state index is 12.4. The third kappa shape index (κ3) is 23.4. The van der Waals surface area contributed by atoms with Crippen molar-refractivity contribution < 1.29 is 96.8 Å². The number of nitrogens with two attached hydrogens (primary N) is 2. The molecule has 0 spiro atoms. The molecule has 0 aromatic heterocycles. The van der Waals surface area contributed by atoms with E-state index >= 15 is 0 Å². The van der Waals surface area contributed by atoms with Gasteiger partial charge >= 0.3 is 0 Å². The highest BCUT2D eigenvalue weighted by Crippen LogP contribution is 2.35. The van der Waals surface area contributed by atoms with E-state index in [1.54, 1.807) is 42.5 Å². The number of non-ortho nitro benzene ring substituents is 2. The summed E-state index contributed by atoms with van der Waals surface area (Å²) in [6.45, 7) is 0.124. The van der Waals surface area contributed by atoms with Crippen LogP contribution in [-0.2, 0) is 40.1 Å². The molecule has 1 aliphatic heterocycles. The van der Waals surface area contributed by atoms with Crippen LogP contribution < -0.4 is 69.4 Å². The highest BCUT2D eigenvalue weighted by atomic mass is 32.2. The molecule has 13 N–H and O–H groups in total. The molecular weight excluding hydrogens is 1270 g/mol. The molecule has 1 aliphatic rings. The molecule has 0 atom stereocenters. The number of ether oxygens (including phenoxy) is 6. The summed E-state index contributed by atoms with van der Waals surface area (Å²) in [5, 5.41) is 54.2. The number of fused-ring (bicyclic) bond motifs is 1. The Labute approximate surface area is 515 Å². The summed E-state index contributed by atoms with van der Waals surface area (Å²) in [5.74, 6) is 0.476. The van der Waals surface area contributed by atoms with Gasteiger partial charge in [0, 0.05) is 52.5 Å². The predicted molar refractivity (Wildman–Crippen MR) is 334 cm³/mol. The maximum Gasteiger partial charge on any atom is 0.271 e. The van der Waals surface area contributed by atoms with Crippen molar-refractivity contribution in [3.05, 3.63) is 159 Å². The van der Waals surface area contributed by atoms with Crippen LogP contribution in [0, 0.1) is 20.2 Å². The number of amides is 2. The second kappa shape index (κ2) is 31.1. The molecule has 0 fully saturated rings. The van der Waals surface area contributed by atoms with Gasteiger partial charge in [-0.05, 0) is 103 Å².